The maximum Gasteiger partial charge on any atom is 0.251 e. The van der Waals surface area contributed by atoms with Crippen molar-refractivity contribution < 1.29 is 14.1 Å². The molecule has 1 fully saturated rings. The van der Waals surface area contributed by atoms with E-state index in [-0.39, 0.29) is 24.3 Å². The third kappa shape index (κ3) is 3.96. The molecule has 1 aromatic heterocycles. The van der Waals surface area contributed by atoms with E-state index in [2.05, 4.69) is 34.5 Å². The number of anilines is 1. The molecule has 30 heavy (non-hydrogen) atoms. The zero-order valence-corrected chi connectivity index (χ0v) is 17.3. The van der Waals surface area contributed by atoms with E-state index in [4.69, 9.17) is 4.52 Å². The first-order valence-electron chi connectivity index (χ1n) is 9.96. The number of aryl methyl sites for hydroxylation is 3. The van der Waals surface area contributed by atoms with Gasteiger partial charge in [-0.2, -0.15) is 4.98 Å². The Morgan fingerprint density at radius 1 is 1.17 bits per heavy atom. The van der Waals surface area contributed by atoms with E-state index in [1.54, 1.807) is 24.3 Å². The van der Waals surface area contributed by atoms with E-state index in [0.29, 0.717) is 30.2 Å². The van der Waals surface area contributed by atoms with Gasteiger partial charge in [0, 0.05) is 30.1 Å². The first-order valence-corrected chi connectivity index (χ1v) is 9.96. The predicted molar refractivity (Wildman–Crippen MR) is 112 cm³/mol. The van der Waals surface area contributed by atoms with Gasteiger partial charge in [0.15, 0.2) is 5.82 Å². The lowest BCUT2D eigenvalue weighted by Crippen LogP contribution is -2.26. The van der Waals surface area contributed by atoms with Gasteiger partial charge in [-0.1, -0.05) is 41.1 Å². The number of benzene rings is 2. The van der Waals surface area contributed by atoms with E-state index in [0.717, 1.165) is 16.8 Å². The first-order chi connectivity index (χ1) is 14.4. The number of amides is 2. The Labute approximate surface area is 175 Å². The quantitative estimate of drug-likeness (QED) is 0.704. The topological polar surface area (TPSA) is 88.3 Å². The Morgan fingerprint density at radius 3 is 2.57 bits per heavy atom. The largest absolute Gasteiger partial charge is 0.343 e. The van der Waals surface area contributed by atoms with Gasteiger partial charge in [0.25, 0.3) is 5.91 Å². The van der Waals surface area contributed by atoms with E-state index < -0.39 is 0 Å². The van der Waals surface area contributed by atoms with Gasteiger partial charge in [0.05, 0.1) is 6.54 Å². The molecule has 7 nitrogen and oxygen atoms in total. The van der Waals surface area contributed by atoms with Crippen molar-refractivity contribution in [3.05, 3.63) is 76.4 Å². The molecule has 0 bridgehead atoms. The number of carbonyl (C=O) groups is 2. The number of nitrogens with one attached hydrogen (secondary N) is 1. The Hall–Kier alpha value is -3.48. The van der Waals surface area contributed by atoms with Crippen LogP contribution >= 0.6 is 0 Å². The molecule has 0 spiro atoms. The zero-order valence-electron chi connectivity index (χ0n) is 17.3. The van der Waals surface area contributed by atoms with Crippen molar-refractivity contribution in [2.45, 2.75) is 39.7 Å². The highest BCUT2D eigenvalue weighted by Crippen LogP contribution is 2.34. The molecule has 0 aliphatic carbocycles. The predicted octanol–water partition coefficient (Wildman–Crippen LogP) is 3.45. The fourth-order valence-electron chi connectivity index (χ4n) is 4.05. The SMILES string of the molecule is Cc1cc(C)c(N2CC(c3noc(CNC(=O)c4ccccc4)n3)CC2=O)c(C)c1. The van der Waals surface area contributed by atoms with Gasteiger partial charge < -0.3 is 14.7 Å². The van der Waals surface area contributed by atoms with Crippen molar-refractivity contribution in [2.75, 3.05) is 11.4 Å². The zero-order chi connectivity index (χ0) is 21.3. The van der Waals surface area contributed by atoms with Crippen LogP contribution in [0.15, 0.2) is 47.0 Å². The van der Waals surface area contributed by atoms with E-state index in [1.807, 2.05) is 24.8 Å². The molecule has 7 heteroatoms. The Balaban J connectivity index is 1.43. The van der Waals surface area contributed by atoms with Crippen LogP contribution in [-0.2, 0) is 11.3 Å². The molecule has 154 valence electrons. The second kappa shape index (κ2) is 8.10. The molecule has 0 radical (unpaired) electrons. The molecule has 1 saturated heterocycles. The van der Waals surface area contributed by atoms with Crippen LogP contribution in [0.1, 0.15) is 51.1 Å². The van der Waals surface area contributed by atoms with Crippen molar-refractivity contribution in [1.29, 1.82) is 0 Å². The second-order valence-corrected chi connectivity index (χ2v) is 7.75. The van der Waals surface area contributed by atoms with Crippen molar-refractivity contribution >= 4 is 17.5 Å². The summed E-state index contributed by atoms with van der Waals surface area (Å²) < 4.78 is 5.30. The summed E-state index contributed by atoms with van der Waals surface area (Å²) in [4.78, 5) is 31.1. The minimum atomic E-state index is -0.206. The monoisotopic (exact) mass is 404 g/mol. The molecule has 2 amide bonds. The standard InChI is InChI=1S/C23H24N4O3/c1-14-9-15(2)21(16(3)10-14)27-13-18(11-20(27)28)22-25-19(30-26-22)12-24-23(29)17-7-5-4-6-8-17/h4-10,18H,11-13H2,1-3H3,(H,24,29). The molecule has 0 saturated carbocycles. The lowest BCUT2D eigenvalue weighted by atomic mass is 10.0. The summed E-state index contributed by atoms with van der Waals surface area (Å²) in [6.45, 7) is 6.76. The molecule has 1 atom stereocenters. The van der Waals surface area contributed by atoms with Gasteiger partial charge >= 0.3 is 0 Å². The van der Waals surface area contributed by atoms with Crippen LogP contribution in [0.4, 0.5) is 5.69 Å². The number of nitrogens with zero attached hydrogens (tertiary/aromatic N) is 3. The second-order valence-electron chi connectivity index (χ2n) is 7.75. The fraction of sp³-hybridized carbons (Fsp3) is 0.304. The summed E-state index contributed by atoms with van der Waals surface area (Å²) in [7, 11) is 0. The highest BCUT2D eigenvalue weighted by molar-refractivity contribution is 5.98. The van der Waals surface area contributed by atoms with Gasteiger partial charge in [-0.3, -0.25) is 9.59 Å². The van der Waals surface area contributed by atoms with Gasteiger partial charge in [-0.05, 0) is 44.0 Å². The fourth-order valence-corrected chi connectivity index (χ4v) is 4.05. The van der Waals surface area contributed by atoms with Gasteiger partial charge in [0.2, 0.25) is 11.8 Å². The highest BCUT2D eigenvalue weighted by atomic mass is 16.5. The van der Waals surface area contributed by atoms with Gasteiger partial charge in [-0.25, -0.2) is 0 Å². The average Bonchev–Trinajstić information content (AvgIpc) is 3.33. The number of rotatable bonds is 5. The van der Waals surface area contributed by atoms with Crippen molar-refractivity contribution in [1.82, 2.24) is 15.5 Å². The van der Waals surface area contributed by atoms with Crippen molar-refractivity contribution in [3.63, 3.8) is 0 Å². The molecule has 1 unspecified atom stereocenters. The molecule has 2 heterocycles. The van der Waals surface area contributed by atoms with Gasteiger partial charge in [0.1, 0.15) is 0 Å². The van der Waals surface area contributed by atoms with Crippen molar-refractivity contribution in [3.8, 4) is 0 Å². The van der Waals surface area contributed by atoms with Crippen LogP contribution in [0.3, 0.4) is 0 Å². The van der Waals surface area contributed by atoms with Crippen LogP contribution in [0.2, 0.25) is 0 Å². The number of hydrogen-bond donors (Lipinski definition) is 1. The molecular formula is C23H24N4O3. The molecule has 3 aromatic rings. The van der Waals surface area contributed by atoms with Crippen molar-refractivity contribution in [2.24, 2.45) is 0 Å². The highest BCUT2D eigenvalue weighted by Gasteiger charge is 2.35. The summed E-state index contributed by atoms with van der Waals surface area (Å²) in [6.07, 6.45) is 0.335. The summed E-state index contributed by atoms with van der Waals surface area (Å²) in [6, 6.07) is 13.1. The summed E-state index contributed by atoms with van der Waals surface area (Å²) >= 11 is 0. The van der Waals surface area contributed by atoms with Crippen LogP contribution in [0, 0.1) is 20.8 Å². The minimum Gasteiger partial charge on any atom is -0.343 e. The molecule has 1 N–H and O–H groups in total. The maximum atomic E-state index is 12.7. The summed E-state index contributed by atoms with van der Waals surface area (Å²) in [5, 5.41) is 6.82. The van der Waals surface area contributed by atoms with Crippen LogP contribution in [-0.4, -0.2) is 28.5 Å². The van der Waals surface area contributed by atoms with E-state index in [1.165, 1.54) is 5.56 Å². The molecule has 1 aliphatic rings. The van der Waals surface area contributed by atoms with Crippen LogP contribution in [0.5, 0.6) is 0 Å². The van der Waals surface area contributed by atoms with Crippen LogP contribution in [0.25, 0.3) is 0 Å². The molecule has 4 rings (SSSR count). The number of hydrogen-bond acceptors (Lipinski definition) is 5. The normalized spacial score (nSPS) is 16.2. The number of carbonyl (C=O) groups excluding carboxylic acids is 2. The smallest absolute Gasteiger partial charge is 0.251 e. The summed E-state index contributed by atoms with van der Waals surface area (Å²) in [5.74, 6) is 0.529. The Kier molecular flexibility index (Phi) is 5.35. The molecular weight excluding hydrogens is 380 g/mol. The first kappa shape index (κ1) is 19.8. The molecule has 1 aliphatic heterocycles. The van der Waals surface area contributed by atoms with E-state index in [9.17, 15) is 9.59 Å². The lowest BCUT2D eigenvalue weighted by Gasteiger charge is -2.22. The Bertz CT molecular complexity index is 1070. The molecule has 2 aromatic carbocycles. The minimum absolute atomic E-state index is 0.0544. The third-order valence-electron chi connectivity index (χ3n) is 5.32. The van der Waals surface area contributed by atoms with E-state index >= 15 is 0 Å². The lowest BCUT2D eigenvalue weighted by molar-refractivity contribution is -0.117. The average molecular weight is 404 g/mol. The number of aromatic nitrogens is 2. The summed E-state index contributed by atoms with van der Waals surface area (Å²) in [5.41, 5.74) is 4.88. The third-order valence-corrected chi connectivity index (χ3v) is 5.32. The maximum absolute atomic E-state index is 12.7. The van der Waals surface area contributed by atoms with Gasteiger partial charge in [-0.15, -0.1) is 0 Å². The van der Waals surface area contributed by atoms with Crippen LogP contribution < -0.4 is 10.2 Å². The Morgan fingerprint density at radius 2 is 1.87 bits per heavy atom.